The standard InChI is InChI=1S/C20H21FN2O3/c1-23(11-13-4-7-19(25-2)20(8-13)26-3)12-15-10-18(24)16-9-14(21)5-6-17(16)22-15/h4-10H,11-12H2,1-3H3,(H,22,24). The third-order valence-corrected chi connectivity index (χ3v) is 4.19. The summed E-state index contributed by atoms with van der Waals surface area (Å²) in [6.07, 6.45) is 0. The SMILES string of the molecule is COc1ccc(CN(C)Cc2cc(=O)c3cc(F)ccc3[nH]2)cc1OC. The molecule has 26 heavy (non-hydrogen) atoms. The number of pyridine rings is 1. The molecule has 3 aromatic rings. The van der Waals surface area contributed by atoms with Crippen LogP contribution in [0.2, 0.25) is 0 Å². The van der Waals surface area contributed by atoms with Gasteiger partial charge in [-0.15, -0.1) is 0 Å². The highest BCUT2D eigenvalue weighted by Crippen LogP contribution is 2.28. The van der Waals surface area contributed by atoms with E-state index in [9.17, 15) is 9.18 Å². The largest absolute Gasteiger partial charge is 0.493 e. The molecule has 0 atom stereocenters. The summed E-state index contributed by atoms with van der Waals surface area (Å²) in [7, 11) is 5.17. The molecule has 0 unspecified atom stereocenters. The lowest BCUT2D eigenvalue weighted by atomic mass is 10.1. The van der Waals surface area contributed by atoms with E-state index in [1.807, 2.05) is 25.2 Å². The molecular formula is C20H21FN2O3. The van der Waals surface area contributed by atoms with Gasteiger partial charge in [-0.05, 0) is 42.9 Å². The molecule has 0 aliphatic carbocycles. The van der Waals surface area contributed by atoms with E-state index in [4.69, 9.17) is 9.47 Å². The molecule has 5 nitrogen and oxygen atoms in total. The first-order valence-electron chi connectivity index (χ1n) is 8.21. The maximum Gasteiger partial charge on any atom is 0.189 e. The number of hydrogen-bond donors (Lipinski definition) is 1. The normalized spacial score (nSPS) is 11.1. The van der Waals surface area contributed by atoms with Gasteiger partial charge in [-0.3, -0.25) is 9.69 Å². The summed E-state index contributed by atoms with van der Waals surface area (Å²) in [4.78, 5) is 17.5. The van der Waals surface area contributed by atoms with Crippen molar-refractivity contribution in [2.75, 3.05) is 21.3 Å². The van der Waals surface area contributed by atoms with Crippen LogP contribution in [0.1, 0.15) is 11.3 Å². The Hall–Kier alpha value is -2.86. The lowest BCUT2D eigenvalue weighted by molar-refractivity contribution is 0.313. The minimum absolute atomic E-state index is 0.187. The van der Waals surface area contributed by atoms with Crippen molar-refractivity contribution < 1.29 is 13.9 Å². The number of aromatic amines is 1. The molecule has 0 bridgehead atoms. The topological polar surface area (TPSA) is 54.6 Å². The van der Waals surface area contributed by atoms with Gasteiger partial charge in [0.25, 0.3) is 0 Å². The van der Waals surface area contributed by atoms with Crippen LogP contribution >= 0.6 is 0 Å². The van der Waals surface area contributed by atoms with Crippen molar-refractivity contribution in [3.8, 4) is 11.5 Å². The van der Waals surface area contributed by atoms with Crippen LogP contribution in [-0.2, 0) is 13.1 Å². The number of aromatic nitrogens is 1. The molecule has 0 amide bonds. The third-order valence-electron chi connectivity index (χ3n) is 4.19. The molecule has 0 fully saturated rings. The molecular weight excluding hydrogens is 335 g/mol. The Morgan fingerprint density at radius 3 is 2.50 bits per heavy atom. The van der Waals surface area contributed by atoms with E-state index >= 15 is 0 Å². The van der Waals surface area contributed by atoms with Gasteiger partial charge in [0.05, 0.1) is 14.2 Å². The van der Waals surface area contributed by atoms with E-state index in [2.05, 4.69) is 9.88 Å². The number of H-pyrrole nitrogens is 1. The van der Waals surface area contributed by atoms with Gasteiger partial charge in [0.2, 0.25) is 0 Å². The highest BCUT2D eigenvalue weighted by atomic mass is 19.1. The van der Waals surface area contributed by atoms with Crippen LogP contribution in [0.15, 0.2) is 47.3 Å². The Morgan fingerprint density at radius 1 is 1.00 bits per heavy atom. The average molecular weight is 356 g/mol. The Morgan fingerprint density at radius 2 is 1.77 bits per heavy atom. The first-order valence-corrected chi connectivity index (χ1v) is 8.21. The van der Waals surface area contributed by atoms with Crippen LogP contribution in [0.4, 0.5) is 4.39 Å². The van der Waals surface area contributed by atoms with Gasteiger partial charge in [0, 0.05) is 35.8 Å². The number of hydrogen-bond acceptors (Lipinski definition) is 4. The van der Waals surface area contributed by atoms with Gasteiger partial charge in [0.1, 0.15) is 5.82 Å². The van der Waals surface area contributed by atoms with E-state index in [-0.39, 0.29) is 5.43 Å². The fourth-order valence-electron chi connectivity index (χ4n) is 3.00. The smallest absolute Gasteiger partial charge is 0.189 e. The van der Waals surface area contributed by atoms with Crippen molar-refractivity contribution in [3.05, 3.63) is 69.8 Å². The van der Waals surface area contributed by atoms with E-state index in [0.29, 0.717) is 35.5 Å². The maximum absolute atomic E-state index is 13.3. The number of methoxy groups -OCH3 is 2. The monoisotopic (exact) mass is 356 g/mol. The minimum atomic E-state index is -0.415. The molecule has 136 valence electrons. The van der Waals surface area contributed by atoms with Gasteiger partial charge in [-0.2, -0.15) is 0 Å². The molecule has 1 heterocycles. The summed E-state index contributed by atoms with van der Waals surface area (Å²) in [5.74, 6) is 0.950. The Bertz CT molecular complexity index is 984. The number of nitrogens with zero attached hydrogens (tertiary/aromatic N) is 1. The van der Waals surface area contributed by atoms with Crippen LogP contribution in [0.25, 0.3) is 10.9 Å². The number of fused-ring (bicyclic) bond motifs is 1. The first-order chi connectivity index (χ1) is 12.5. The minimum Gasteiger partial charge on any atom is -0.493 e. The van der Waals surface area contributed by atoms with Crippen LogP contribution in [0.5, 0.6) is 11.5 Å². The zero-order valence-electron chi connectivity index (χ0n) is 15.0. The molecule has 0 aliphatic rings. The molecule has 1 N–H and O–H groups in total. The van der Waals surface area contributed by atoms with Crippen molar-refractivity contribution in [2.24, 2.45) is 0 Å². The van der Waals surface area contributed by atoms with Gasteiger partial charge < -0.3 is 14.5 Å². The van der Waals surface area contributed by atoms with Crippen LogP contribution in [0.3, 0.4) is 0 Å². The molecule has 0 spiro atoms. The summed E-state index contributed by atoms with van der Waals surface area (Å²) in [6.45, 7) is 1.22. The van der Waals surface area contributed by atoms with Crippen molar-refractivity contribution in [2.45, 2.75) is 13.1 Å². The first kappa shape index (κ1) is 17.9. The summed E-state index contributed by atoms with van der Waals surface area (Å²) in [6, 6.07) is 11.5. The Labute approximate surface area is 151 Å². The van der Waals surface area contributed by atoms with Crippen molar-refractivity contribution in [1.29, 1.82) is 0 Å². The van der Waals surface area contributed by atoms with Crippen molar-refractivity contribution in [1.82, 2.24) is 9.88 Å². The predicted octanol–water partition coefficient (Wildman–Crippen LogP) is 3.32. The third kappa shape index (κ3) is 3.86. The number of halogens is 1. The van der Waals surface area contributed by atoms with Crippen LogP contribution in [-0.4, -0.2) is 31.2 Å². The zero-order chi connectivity index (χ0) is 18.7. The Balaban J connectivity index is 1.78. The predicted molar refractivity (Wildman–Crippen MR) is 99.2 cm³/mol. The second-order valence-electron chi connectivity index (χ2n) is 6.21. The highest BCUT2D eigenvalue weighted by Gasteiger charge is 2.09. The van der Waals surface area contributed by atoms with Crippen molar-refractivity contribution in [3.63, 3.8) is 0 Å². The number of rotatable bonds is 6. The summed E-state index contributed by atoms with van der Waals surface area (Å²) < 4.78 is 23.9. The number of ether oxygens (including phenoxy) is 2. The van der Waals surface area contributed by atoms with Gasteiger partial charge in [-0.1, -0.05) is 6.07 Å². The molecule has 0 radical (unpaired) electrons. The van der Waals surface area contributed by atoms with Gasteiger partial charge in [-0.25, -0.2) is 4.39 Å². The fourth-order valence-corrected chi connectivity index (χ4v) is 3.00. The molecule has 0 saturated carbocycles. The van der Waals surface area contributed by atoms with Gasteiger partial charge in [0.15, 0.2) is 16.9 Å². The second kappa shape index (κ2) is 7.58. The molecule has 0 aliphatic heterocycles. The van der Waals surface area contributed by atoms with E-state index in [1.54, 1.807) is 20.3 Å². The van der Waals surface area contributed by atoms with Gasteiger partial charge >= 0.3 is 0 Å². The summed E-state index contributed by atoms with van der Waals surface area (Å²) >= 11 is 0. The number of benzene rings is 2. The molecule has 3 rings (SSSR count). The average Bonchev–Trinajstić information content (AvgIpc) is 2.62. The quantitative estimate of drug-likeness (QED) is 0.736. The van der Waals surface area contributed by atoms with Crippen molar-refractivity contribution >= 4 is 10.9 Å². The molecule has 1 aromatic heterocycles. The lowest BCUT2D eigenvalue weighted by Crippen LogP contribution is -2.19. The molecule has 2 aromatic carbocycles. The number of nitrogens with one attached hydrogen (secondary N) is 1. The van der Waals surface area contributed by atoms with E-state index in [0.717, 1.165) is 11.3 Å². The summed E-state index contributed by atoms with van der Waals surface area (Å²) in [5, 5.41) is 0.358. The van der Waals surface area contributed by atoms with Crippen LogP contribution in [0, 0.1) is 5.82 Å². The highest BCUT2D eigenvalue weighted by molar-refractivity contribution is 5.78. The summed E-state index contributed by atoms with van der Waals surface area (Å²) in [5.41, 5.74) is 2.29. The fraction of sp³-hybridized carbons (Fsp3) is 0.250. The van der Waals surface area contributed by atoms with Crippen LogP contribution < -0.4 is 14.9 Å². The molecule has 0 saturated heterocycles. The molecule has 6 heteroatoms. The van der Waals surface area contributed by atoms with E-state index < -0.39 is 5.82 Å². The zero-order valence-corrected chi connectivity index (χ0v) is 15.0. The van der Waals surface area contributed by atoms with E-state index in [1.165, 1.54) is 18.2 Å². The maximum atomic E-state index is 13.3. The lowest BCUT2D eigenvalue weighted by Gasteiger charge is -2.18. The Kier molecular flexibility index (Phi) is 5.23. The second-order valence-corrected chi connectivity index (χ2v) is 6.21.